The number of nitrogens with zero attached hydrogens (tertiary/aromatic N) is 2. The molecule has 0 amide bonds. The zero-order valence-electron chi connectivity index (χ0n) is 20.9. The van der Waals surface area contributed by atoms with E-state index >= 15 is 0 Å². The molecule has 0 radical (unpaired) electrons. The lowest BCUT2D eigenvalue weighted by Gasteiger charge is -2.20. The van der Waals surface area contributed by atoms with Crippen LogP contribution in [0.4, 0.5) is 10.2 Å². The van der Waals surface area contributed by atoms with Gasteiger partial charge in [0.15, 0.2) is 24.0 Å². The van der Waals surface area contributed by atoms with Crippen molar-refractivity contribution in [3.05, 3.63) is 22.5 Å². The summed E-state index contributed by atoms with van der Waals surface area (Å²) in [4.78, 5) is 27.7. The molecular formula is C25H42FN3O6. The monoisotopic (exact) mass is 499 g/mol. The second-order valence-corrected chi connectivity index (χ2v) is 9.35. The summed E-state index contributed by atoms with van der Waals surface area (Å²) in [6, 6.07) is 0. The van der Waals surface area contributed by atoms with Crippen LogP contribution < -0.4 is 11.4 Å². The van der Waals surface area contributed by atoms with Crippen LogP contribution in [0.15, 0.2) is 11.0 Å². The summed E-state index contributed by atoms with van der Waals surface area (Å²) in [6.07, 6.45) is 11.4. The molecule has 2 heterocycles. The fourth-order valence-electron chi connectivity index (χ4n) is 4.38. The largest absolute Gasteiger partial charge is 0.457 e. The van der Waals surface area contributed by atoms with Crippen molar-refractivity contribution in [3.8, 4) is 0 Å². The second-order valence-electron chi connectivity index (χ2n) is 9.35. The molecule has 10 heteroatoms. The lowest BCUT2D eigenvalue weighted by molar-refractivity contribution is -0.156. The van der Waals surface area contributed by atoms with Crippen molar-refractivity contribution in [2.75, 3.05) is 12.3 Å². The summed E-state index contributed by atoms with van der Waals surface area (Å²) < 4.78 is 25.3. The maximum Gasteiger partial charge on any atom is 0.351 e. The number of aliphatic hydroxyl groups excluding tert-OH is 2. The van der Waals surface area contributed by atoms with Crippen molar-refractivity contribution in [3.63, 3.8) is 0 Å². The minimum Gasteiger partial charge on any atom is -0.457 e. The molecule has 9 nitrogen and oxygen atoms in total. The minimum absolute atomic E-state index is 0.182. The van der Waals surface area contributed by atoms with Crippen LogP contribution in [0.3, 0.4) is 0 Å². The van der Waals surface area contributed by atoms with Gasteiger partial charge >= 0.3 is 11.7 Å². The maximum atomic E-state index is 13.8. The molecule has 200 valence electrons. The average Bonchev–Trinajstić information content (AvgIpc) is 3.14. The quantitative estimate of drug-likeness (QED) is 0.218. The van der Waals surface area contributed by atoms with Crippen LogP contribution in [0.1, 0.15) is 103 Å². The Bertz CT molecular complexity index is 821. The SMILES string of the molecule is CCCCCCCCCCCCCCCC(=O)O[C@H]1[C@H](O)[C@H](n2cc(F)c(N)nc2=O)O[C@@H]1CO. The van der Waals surface area contributed by atoms with E-state index in [1.807, 2.05) is 0 Å². The molecule has 1 aliphatic heterocycles. The van der Waals surface area contributed by atoms with Gasteiger partial charge in [0.2, 0.25) is 0 Å². The number of aliphatic hydroxyl groups is 2. The predicted molar refractivity (Wildman–Crippen MR) is 130 cm³/mol. The molecule has 0 unspecified atom stereocenters. The summed E-state index contributed by atoms with van der Waals surface area (Å²) in [5.41, 5.74) is 4.35. The van der Waals surface area contributed by atoms with Gasteiger partial charge in [-0.2, -0.15) is 4.98 Å². The van der Waals surface area contributed by atoms with Gasteiger partial charge < -0.3 is 25.4 Å². The molecule has 0 aromatic carbocycles. The zero-order valence-corrected chi connectivity index (χ0v) is 20.9. The molecule has 0 saturated carbocycles. The lowest BCUT2D eigenvalue weighted by Crippen LogP contribution is -2.39. The fourth-order valence-corrected chi connectivity index (χ4v) is 4.38. The fraction of sp³-hybridized carbons (Fsp3) is 0.800. The van der Waals surface area contributed by atoms with Crippen LogP contribution in [-0.4, -0.2) is 50.7 Å². The highest BCUT2D eigenvalue weighted by atomic mass is 19.1. The van der Waals surface area contributed by atoms with E-state index in [0.717, 1.165) is 30.0 Å². The van der Waals surface area contributed by atoms with Crippen LogP contribution in [0, 0.1) is 5.82 Å². The average molecular weight is 500 g/mol. The maximum absolute atomic E-state index is 13.8. The number of rotatable bonds is 17. The lowest BCUT2D eigenvalue weighted by atomic mass is 10.0. The van der Waals surface area contributed by atoms with Gasteiger partial charge in [-0.1, -0.05) is 84.0 Å². The molecule has 1 saturated heterocycles. The van der Waals surface area contributed by atoms with Gasteiger partial charge in [-0.05, 0) is 6.42 Å². The van der Waals surface area contributed by atoms with E-state index in [-0.39, 0.29) is 6.42 Å². The number of nitrogen functional groups attached to an aromatic ring is 1. The first-order chi connectivity index (χ1) is 16.9. The Kier molecular flexibility index (Phi) is 13.2. The third-order valence-corrected chi connectivity index (χ3v) is 6.45. The van der Waals surface area contributed by atoms with Gasteiger partial charge in [0.1, 0.15) is 12.2 Å². The van der Waals surface area contributed by atoms with E-state index in [1.54, 1.807) is 0 Å². The number of aromatic nitrogens is 2. The van der Waals surface area contributed by atoms with Gasteiger partial charge in [0, 0.05) is 6.42 Å². The third kappa shape index (κ3) is 9.50. The molecule has 1 fully saturated rings. The molecule has 1 aliphatic rings. The van der Waals surface area contributed by atoms with Crippen LogP contribution in [0.5, 0.6) is 0 Å². The highest BCUT2D eigenvalue weighted by molar-refractivity contribution is 5.69. The second kappa shape index (κ2) is 15.9. The Hall–Kier alpha value is -2.04. The Morgan fingerprint density at radius 1 is 1.09 bits per heavy atom. The van der Waals surface area contributed by atoms with E-state index in [4.69, 9.17) is 15.2 Å². The predicted octanol–water partition coefficient (Wildman–Crippen LogP) is 3.61. The number of halogens is 1. The van der Waals surface area contributed by atoms with Crippen LogP contribution in [0.25, 0.3) is 0 Å². The Morgan fingerprint density at radius 2 is 1.63 bits per heavy atom. The normalized spacial score (nSPS) is 21.9. The first-order valence-electron chi connectivity index (χ1n) is 13.1. The van der Waals surface area contributed by atoms with E-state index < -0.39 is 54.4 Å². The summed E-state index contributed by atoms with van der Waals surface area (Å²) >= 11 is 0. The van der Waals surface area contributed by atoms with Crippen molar-refractivity contribution >= 4 is 11.8 Å². The smallest absolute Gasteiger partial charge is 0.351 e. The third-order valence-electron chi connectivity index (χ3n) is 6.45. The number of ether oxygens (including phenoxy) is 2. The Labute approximate surface area is 206 Å². The number of hydrogen-bond donors (Lipinski definition) is 3. The van der Waals surface area contributed by atoms with Crippen molar-refractivity contribution < 1.29 is 28.9 Å². The summed E-state index contributed by atoms with van der Waals surface area (Å²) in [5.74, 6) is -2.05. The first-order valence-corrected chi connectivity index (χ1v) is 13.1. The number of anilines is 1. The van der Waals surface area contributed by atoms with Crippen molar-refractivity contribution in [1.29, 1.82) is 0 Å². The Morgan fingerprint density at radius 3 is 2.17 bits per heavy atom. The summed E-state index contributed by atoms with van der Waals surface area (Å²) in [5, 5.41) is 20.1. The summed E-state index contributed by atoms with van der Waals surface area (Å²) in [6.45, 7) is 1.68. The molecule has 0 spiro atoms. The molecule has 4 atom stereocenters. The number of hydrogen-bond acceptors (Lipinski definition) is 8. The highest BCUT2D eigenvalue weighted by Gasteiger charge is 2.47. The van der Waals surface area contributed by atoms with Gasteiger partial charge in [-0.3, -0.25) is 9.36 Å². The van der Waals surface area contributed by atoms with Gasteiger partial charge in [0.25, 0.3) is 0 Å². The number of unbranched alkanes of at least 4 members (excludes halogenated alkanes) is 12. The number of carbonyl (C=O) groups excluding carboxylic acids is 1. The van der Waals surface area contributed by atoms with E-state index in [0.29, 0.717) is 6.42 Å². The van der Waals surface area contributed by atoms with Gasteiger partial charge in [0.05, 0.1) is 12.8 Å². The molecule has 0 aliphatic carbocycles. The molecule has 0 bridgehead atoms. The number of carbonyl (C=O) groups is 1. The first kappa shape index (κ1) is 29.2. The highest BCUT2D eigenvalue weighted by Crippen LogP contribution is 2.31. The number of nitrogens with two attached hydrogens (primary N) is 1. The number of esters is 1. The molecule has 4 N–H and O–H groups in total. The van der Waals surface area contributed by atoms with Crippen LogP contribution >= 0.6 is 0 Å². The van der Waals surface area contributed by atoms with Crippen LogP contribution in [-0.2, 0) is 14.3 Å². The van der Waals surface area contributed by atoms with E-state index in [9.17, 15) is 24.2 Å². The van der Waals surface area contributed by atoms with E-state index in [1.165, 1.54) is 57.8 Å². The van der Waals surface area contributed by atoms with Crippen molar-refractivity contribution in [1.82, 2.24) is 9.55 Å². The van der Waals surface area contributed by atoms with Gasteiger partial charge in [-0.25, -0.2) is 9.18 Å². The van der Waals surface area contributed by atoms with E-state index in [2.05, 4.69) is 11.9 Å². The zero-order chi connectivity index (χ0) is 25.6. The molecule has 35 heavy (non-hydrogen) atoms. The molecule has 1 aromatic rings. The van der Waals surface area contributed by atoms with Gasteiger partial charge in [-0.15, -0.1) is 0 Å². The Balaban J connectivity index is 1.64. The topological polar surface area (TPSA) is 137 Å². The molecule has 1 aromatic heterocycles. The molecule has 2 rings (SSSR count). The molecular weight excluding hydrogens is 457 g/mol. The van der Waals surface area contributed by atoms with Crippen LogP contribution in [0.2, 0.25) is 0 Å². The summed E-state index contributed by atoms with van der Waals surface area (Å²) in [7, 11) is 0. The minimum atomic E-state index is -1.48. The van der Waals surface area contributed by atoms with Crippen molar-refractivity contribution in [2.24, 2.45) is 0 Å². The standard InChI is InChI=1S/C25H42FN3O6/c1-2-3-4-5-6-7-8-9-10-11-12-13-14-15-20(31)35-22-19(17-30)34-24(21(22)32)29-16-18(26)23(27)28-25(29)33/h16,19,21-22,24,30,32H,2-15,17H2,1H3,(H2,27,28,33)/t19-,21+,22-,24-/m1/s1. The van der Waals surface area contributed by atoms with Crippen molar-refractivity contribution in [2.45, 2.75) is 121 Å².